The highest BCUT2D eigenvalue weighted by atomic mass is 28.4. The maximum absolute atomic E-state index is 5.88. The smallest absolute Gasteiger partial charge is 0.343 e. The number of unbranched alkanes of at least 4 members (excludes halogenated alkanes) is 13. The Labute approximate surface area is 160 Å². The molecule has 0 rings (SSSR count). The van der Waals surface area contributed by atoms with Gasteiger partial charge in [-0.3, -0.25) is 0 Å². The normalized spacial score (nSPS) is 12.7. The predicted octanol–water partition coefficient (Wildman–Crippen LogP) is 8.00. The van der Waals surface area contributed by atoms with Crippen LogP contribution in [-0.4, -0.2) is 22.8 Å². The van der Waals surface area contributed by atoms with E-state index in [0.717, 1.165) is 6.04 Å². The fourth-order valence-corrected chi connectivity index (χ4v) is 7.09. The molecule has 0 unspecified atom stereocenters. The second kappa shape index (κ2) is 15.2. The van der Waals surface area contributed by atoms with Crippen molar-refractivity contribution >= 4 is 8.56 Å². The molecule has 0 atom stereocenters. The summed E-state index contributed by atoms with van der Waals surface area (Å²) in [6.45, 7) is 9.07. The molecule has 0 aliphatic rings. The summed E-state index contributed by atoms with van der Waals surface area (Å²) >= 11 is 0. The third kappa shape index (κ3) is 11.5. The van der Waals surface area contributed by atoms with E-state index in [0.29, 0.717) is 0 Å². The highest BCUT2D eigenvalue weighted by Gasteiger charge is 2.47. The zero-order valence-corrected chi connectivity index (χ0v) is 19.4. The average molecular weight is 373 g/mol. The summed E-state index contributed by atoms with van der Waals surface area (Å²) in [5.74, 6) is 0. The largest absolute Gasteiger partial charge is 0.397 e. The molecule has 0 aromatic carbocycles. The van der Waals surface area contributed by atoms with Crippen molar-refractivity contribution in [3.8, 4) is 0 Å². The van der Waals surface area contributed by atoms with Crippen LogP contribution in [0.3, 0.4) is 0 Å². The van der Waals surface area contributed by atoms with Gasteiger partial charge in [0.15, 0.2) is 0 Å². The summed E-state index contributed by atoms with van der Waals surface area (Å²) in [7, 11) is 1.63. The Hall–Kier alpha value is 0.137. The summed E-state index contributed by atoms with van der Waals surface area (Å²) in [4.78, 5) is 0. The molecule has 0 saturated carbocycles. The van der Waals surface area contributed by atoms with Gasteiger partial charge in [-0.2, -0.15) is 0 Å². The Morgan fingerprint density at radius 1 is 0.560 bits per heavy atom. The van der Waals surface area contributed by atoms with E-state index < -0.39 is 8.56 Å². The van der Waals surface area contributed by atoms with E-state index in [1.165, 1.54) is 89.9 Å². The molecule has 0 aromatic rings. The lowest BCUT2D eigenvalue weighted by molar-refractivity contribution is 0.212. The molecule has 0 saturated heterocycles. The Bertz CT molecular complexity index is 282. The molecule has 3 heteroatoms. The molecule has 0 N–H and O–H groups in total. The van der Waals surface area contributed by atoms with Gasteiger partial charge in [0.05, 0.1) is 0 Å². The van der Waals surface area contributed by atoms with Gasteiger partial charge in [-0.1, -0.05) is 118 Å². The summed E-state index contributed by atoms with van der Waals surface area (Å²) in [5, 5.41) is 0.146. The third-order valence-corrected chi connectivity index (χ3v) is 10.3. The first-order valence-corrected chi connectivity index (χ1v) is 13.1. The van der Waals surface area contributed by atoms with Gasteiger partial charge in [0.1, 0.15) is 0 Å². The first-order valence-electron chi connectivity index (χ1n) is 11.0. The van der Waals surface area contributed by atoms with Crippen molar-refractivity contribution in [3.05, 3.63) is 0 Å². The molecule has 0 amide bonds. The van der Waals surface area contributed by atoms with Gasteiger partial charge in [0.25, 0.3) is 0 Å². The molecule has 0 aliphatic heterocycles. The zero-order chi connectivity index (χ0) is 19.0. The van der Waals surface area contributed by atoms with Crippen LogP contribution in [0, 0.1) is 0 Å². The Kier molecular flexibility index (Phi) is 15.3. The molecule has 25 heavy (non-hydrogen) atoms. The van der Waals surface area contributed by atoms with Crippen molar-refractivity contribution in [2.45, 2.75) is 129 Å². The maximum Gasteiger partial charge on any atom is 0.343 e. The van der Waals surface area contributed by atoms with Crippen LogP contribution in [0.4, 0.5) is 0 Å². The van der Waals surface area contributed by atoms with Crippen LogP contribution < -0.4 is 0 Å². The van der Waals surface area contributed by atoms with Gasteiger partial charge in [0, 0.05) is 19.3 Å². The lowest BCUT2D eigenvalue weighted by Gasteiger charge is -2.38. The molecular weight excluding hydrogens is 324 g/mol. The number of rotatable bonds is 17. The van der Waals surface area contributed by atoms with E-state index in [-0.39, 0.29) is 5.04 Å². The second-order valence-electron chi connectivity index (χ2n) is 8.76. The molecule has 152 valence electrons. The van der Waals surface area contributed by atoms with Gasteiger partial charge in [-0.15, -0.1) is 0 Å². The van der Waals surface area contributed by atoms with Gasteiger partial charge >= 0.3 is 8.56 Å². The molecular formula is C22H48O2Si. The Balaban J connectivity index is 3.49. The summed E-state index contributed by atoms with van der Waals surface area (Å²) < 4.78 is 11.8. The lowest BCUT2D eigenvalue weighted by Crippen LogP contribution is -2.48. The third-order valence-electron chi connectivity index (χ3n) is 5.66. The van der Waals surface area contributed by atoms with Crippen LogP contribution in [0.1, 0.15) is 118 Å². The highest BCUT2D eigenvalue weighted by molar-refractivity contribution is 6.70. The van der Waals surface area contributed by atoms with E-state index in [9.17, 15) is 0 Å². The summed E-state index contributed by atoms with van der Waals surface area (Å²) in [5.41, 5.74) is 0. The predicted molar refractivity (Wildman–Crippen MR) is 115 cm³/mol. The Morgan fingerprint density at radius 2 is 0.880 bits per heavy atom. The minimum Gasteiger partial charge on any atom is -0.397 e. The molecule has 2 nitrogen and oxygen atoms in total. The first-order chi connectivity index (χ1) is 11.9. The van der Waals surface area contributed by atoms with Crippen LogP contribution in [0.2, 0.25) is 11.1 Å². The van der Waals surface area contributed by atoms with Crippen molar-refractivity contribution in [2.75, 3.05) is 14.2 Å². The van der Waals surface area contributed by atoms with E-state index in [4.69, 9.17) is 8.85 Å². The van der Waals surface area contributed by atoms with E-state index in [1.54, 1.807) is 0 Å². The SMILES string of the molecule is CCCCCCCCCCCCCCCC[Si](OC)(OC)C(C)(C)C. The monoisotopic (exact) mass is 372 g/mol. The molecule has 0 spiro atoms. The van der Waals surface area contributed by atoms with Crippen LogP contribution in [0.25, 0.3) is 0 Å². The van der Waals surface area contributed by atoms with Gasteiger partial charge in [-0.05, 0) is 6.04 Å². The number of hydrogen-bond donors (Lipinski definition) is 0. The zero-order valence-electron chi connectivity index (χ0n) is 18.4. The Morgan fingerprint density at radius 3 is 1.16 bits per heavy atom. The molecule has 0 bridgehead atoms. The molecule has 0 radical (unpaired) electrons. The van der Waals surface area contributed by atoms with Crippen LogP contribution >= 0.6 is 0 Å². The van der Waals surface area contributed by atoms with Gasteiger partial charge in [0.2, 0.25) is 0 Å². The minimum atomic E-state index is -2.05. The van der Waals surface area contributed by atoms with Crippen molar-refractivity contribution in [3.63, 3.8) is 0 Å². The average Bonchev–Trinajstić information content (AvgIpc) is 2.57. The fourth-order valence-electron chi connectivity index (χ4n) is 3.83. The van der Waals surface area contributed by atoms with E-state index >= 15 is 0 Å². The van der Waals surface area contributed by atoms with Crippen LogP contribution in [0.5, 0.6) is 0 Å². The van der Waals surface area contributed by atoms with Crippen molar-refractivity contribution in [1.82, 2.24) is 0 Å². The van der Waals surface area contributed by atoms with Crippen LogP contribution in [0.15, 0.2) is 0 Å². The first kappa shape index (κ1) is 25.1. The number of hydrogen-bond acceptors (Lipinski definition) is 2. The minimum absolute atomic E-state index is 0.146. The molecule has 0 fully saturated rings. The van der Waals surface area contributed by atoms with E-state index in [1.807, 2.05) is 14.2 Å². The van der Waals surface area contributed by atoms with Crippen molar-refractivity contribution in [2.24, 2.45) is 0 Å². The fraction of sp³-hybridized carbons (Fsp3) is 1.00. The van der Waals surface area contributed by atoms with Crippen molar-refractivity contribution < 1.29 is 8.85 Å². The topological polar surface area (TPSA) is 18.5 Å². The second-order valence-corrected chi connectivity index (χ2v) is 13.1. The molecule has 0 aliphatic carbocycles. The van der Waals surface area contributed by atoms with E-state index in [2.05, 4.69) is 27.7 Å². The van der Waals surface area contributed by atoms with Crippen molar-refractivity contribution in [1.29, 1.82) is 0 Å². The molecule has 0 aromatic heterocycles. The van der Waals surface area contributed by atoms with Gasteiger partial charge in [-0.25, -0.2) is 0 Å². The van der Waals surface area contributed by atoms with Gasteiger partial charge < -0.3 is 8.85 Å². The quantitative estimate of drug-likeness (QED) is 0.190. The standard InChI is InChI=1S/C22H48O2Si/c1-7-8-9-10-11-12-13-14-15-16-17-18-19-20-21-25(23-5,24-6)22(2,3)4/h7-21H2,1-6H3. The van der Waals surface area contributed by atoms with Crippen LogP contribution in [-0.2, 0) is 8.85 Å². The maximum atomic E-state index is 5.88. The highest BCUT2D eigenvalue weighted by Crippen LogP contribution is 2.40. The lowest BCUT2D eigenvalue weighted by atomic mass is 10.0. The molecule has 0 heterocycles. The summed E-state index contributed by atoms with van der Waals surface area (Å²) in [6.07, 6.45) is 19.7. The summed E-state index contributed by atoms with van der Waals surface area (Å²) in [6, 6.07) is 1.13.